The number of ether oxygens (including phenoxy) is 1. The number of nitrogens with one attached hydrogen (secondary N) is 3. The molecule has 1 fully saturated rings. The molecule has 0 aliphatic carbocycles. The Morgan fingerprint density at radius 2 is 2.00 bits per heavy atom. The molecule has 1 aliphatic rings. The fourth-order valence-corrected chi connectivity index (χ4v) is 3.81. The minimum atomic E-state index is -0.682. The van der Waals surface area contributed by atoms with Gasteiger partial charge in [-0.1, -0.05) is 29.8 Å². The van der Waals surface area contributed by atoms with Gasteiger partial charge >= 0.3 is 12.1 Å². The number of anilines is 2. The number of likely N-dealkylation sites (tertiary alicyclic amines) is 1. The van der Waals surface area contributed by atoms with Gasteiger partial charge in [-0.2, -0.15) is 0 Å². The summed E-state index contributed by atoms with van der Waals surface area (Å²) in [5, 5.41) is 8.34. The number of halogens is 2. The first-order valence-corrected chi connectivity index (χ1v) is 10.3. The van der Waals surface area contributed by atoms with Crippen LogP contribution in [0.3, 0.4) is 0 Å². The summed E-state index contributed by atoms with van der Waals surface area (Å²) >= 11 is 5.78. The molecule has 7 nitrogen and oxygen atoms in total. The van der Waals surface area contributed by atoms with E-state index in [0.29, 0.717) is 31.7 Å². The number of hydrogen-bond acceptors (Lipinski definition) is 3. The highest BCUT2D eigenvalue weighted by Gasteiger charge is 2.41. The minimum absolute atomic E-state index is 0.0111. The number of urea groups is 2. The van der Waals surface area contributed by atoms with Crippen LogP contribution in [0, 0.1) is 12.7 Å². The Labute approximate surface area is 185 Å². The summed E-state index contributed by atoms with van der Waals surface area (Å²) in [6.45, 7) is 3.04. The maximum absolute atomic E-state index is 14.1. The molecule has 3 N–H and O–H groups in total. The number of nitrogens with zero attached hydrogens (tertiary/aromatic N) is 1. The van der Waals surface area contributed by atoms with Gasteiger partial charge in [-0.05, 0) is 49.6 Å². The highest BCUT2D eigenvalue weighted by atomic mass is 35.5. The molecule has 31 heavy (non-hydrogen) atoms. The lowest BCUT2D eigenvalue weighted by Gasteiger charge is -2.30. The second-order valence-electron chi connectivity index (χ2n) is 7.67. The van der Waals surface area contributed by atoms with E-state index in [4.69, 9.17) is 16.3 Å². The molecular weight excluding hydrogens is 423 g/mol. The van der Waals surface area contributed by atoms with Crippen LogP contribution in [0.2, 0.25) is 5.02 Å². The zero-order valence-electron chi connectivity index (χ0n) is 17.5. The summed E-state index contributed by atoms with van der Waals surface area (Å²) in [5.74, 6) is -0.682. The van der Waals surface area contributed by atoms with Crippen LogP contribution in [0.25, 0.3) is 0 Å². The van der Waals surface area contributed by atoms with Crippen LogP contribution < -0.4 is 16.0 Å². The smallest absolute Gasteiger partial charge is 0.322 e. The van der Waals surface area contributed by atoms with Gasteiger partial charge in [0, 0.05) is 32.5 Å². The van der Waals surface area contributed by atoms with Crippen LogP contribution in [0.5, 0.6) is 0 Å². The Morgan fingerprint density at radius 3 is 2.74 bits per heavy atom. The molecule has 1 unspecified atom stereocenters. The average molecular weight is 449 g/mol. The molecule has 0 bridgehead atoms. The summed E-state index contributed by atoms with van der Waals surface area (Å²) < 4.78 is 19.3. The van der Waals surface area contributed by atoms with Crippen molar-refractivity contribution in [3.05, 3.63) is 58.9 Å². The quantitative estimate of drug-likeness (QED) is 0.603. The third kappa shape index (κ3) is 5.86. The number of carbonyl (C=O) groups excluding carboxylic acids is 2. The number of methoxy groups -OCH3 is 1. The second kappa shape index (κ2) is 9.98. The Balaban J connectivity index is 1.67. The van der Waals surface area contributed by atoms with Gasteiger partial charge in [0.05, 0.1) is 16.2 Å². The van der Waals surface area contributed by atoms with E-state index < -0.39 is 17.4 Å². The van der Waals surface area contributed by atoms with E-state index in [-0.39, 0.29) is 23.3 Å². The van der Waals surface area contributed by atoms with Crippen molar-refractivity contribution in [1.29, 1.82) is 0 Å². The maximum Gasteiger partial charge on any atom is 0.322 e. The van der Waals surface area contributed by atoms with Crippen molar-refractivity contribution in [2.45, 2.75) is 25.3 Å². The van der Waals surface area contributed by atoms with Crippen LogP contribution in [0.4, 0.5) is 25.4 Å². The topological polar surface area (TPSA) is 82.7 Å². The zero-order valence-corrected chi connectivity index (χ0v) is 18.3. The first-order valence-electron chi connectivity index (χ1n) is 9.97. The van der Waals surface area contributed by atoms with E-state index >= 15 is 0 Å². The van der Waals surface area contributed by atoms with Gasteiger partial charge in [0.15, 0.2) is 5.82 Å². The Morgan fingerprint density at radius 1 is 1.23 bits per heavy atom. The third-order valence-corrected chi connectivity index (χ3v) is 5.57. The van der Waals surface area contributed by atoms with Crippen molar-refractivity contribution in [3.63, 3.8) is 0 Å². The molecule has 9 heteroatoms. The summed E-state index contributed by atoms with van der Waals surface area (Å²) in [4.78, 5) is 26.9. The number of amides is 4. The van der Waals surface area contributed by atoms with Crippen molar-refractivity contribution in [2.75, 3.05) is 37.4 Å². The fourth-order valence-electron chi connectivity index (χ4n) is 3.63. The van der Waals surface area contributed by atoms with Gasteiger partial charge in [-0.3, -0.25) is 0 Å². The number of aryl methyl sites for hydroxylation is 1. The number of benzene rings is 2. The van der Waals surface area contributed by atoms with Crippen molar-refractivity contribution in [2.24, 2.45) is 0 Å². The lowest BCUT2D eigenvalue weighted by molar-refractivity contribution is 0.156. The molecule has 4 amide bonds. The lowest BCUT2D eigenvalue weighted by atomic mass is 9.94. The molecule has 0 aromatic heterocycles. The molecular formula is C22H26ClFN4O3. The van der Waals surface area contributed by atoms with Crippen LogP contribution in [0.1, 0.15) is 18.4 Å². The molecule has 2 aromatic rings. The highest BCUT2D eigenvalue weighted by Crippen LogP contribution is 2.27. The van der Waals surface area contributed by atoms with E-state index in [1.165, 1.54) is 12.1 Å². The van der Waals surface area contributed by atoms with Gasteiger partial charge in [0.25, 0.3) is 0 Å². The molecule has 0 spiro atoms. The molecule has 2 aromatic carbocycles. The summed E-state index contributed by atoms with van der Waals surface area (Å²) in [6.07, 6.45) is 1.07. The van der Waals surface area contributed by atoms with Crippen LogP contribution in [-0.2, 0) is 4.74 Å². The standard InChI is InChI=1S/C22H26ClFN4O3/c1-15-5-3-6-16(13-15)25-20(29)27-22(10-12-31-2)9-11-28(14-22)21(30)26-18-8-4-7-17(23)19(18)24/h3-8,13H,9-12,14H2,1-2H3,(H,26,30)(H2,25,27,29). The van der Waals surface area contributed by atoms with Crippen LogP contribution in [0.15, 0.2) is 42.5 Å². The molecule has 3 rings (SSSR count). The Bertz CT molecular complexity index is 958. The summed E-state index contributed by atoms with van der Waals surface area (Å²) in [5.41, 5.74) is 1.07. The van der Waals surface area contributed by atoms with Crippen molar-refractivity contribution in [1.82, 2.24) is 10.2 Å². The van der Waals surface area contributed by atoms with E-state index in [0.717, 1.165) is 5.56 Å². The molecule has 1 atom stereocenters. The third-order valence-electron chi connectivity index (χ3n) is 5.27. The van der Waals surface area contributed by atoms with Gasteiger partial charge in [-0.25, -0.2) is 14.0 Å². The average Bonchev–Trinajstić information content (AvgIpc) is 3.14. The van der Waals surface area contributed by atoms with Crippen LogP contribution >= 0.6 is 11.6 Å². The van der Waals surface area contributed by atoms with E-state index in [2.05, 4.69) is 16.0 Å². The number of rotatable bonds is 6. The predicted octanol–water partition coefficient (Wildman–Crippen LogP) is 4.62. The minimum Gasteiger partial charge on any atom is -0.385 e. The normalized spacial score (nSPS) is 18.0. The van der Waals surface area contributed by atoms with Crippen molar-refractivity contribution >= 4 is 35.0 Å². The Kier molecular flexibility index (Phi) is 7.35. The summed E-state index contributed by atoms with van der Waals surface area (Å²) in [6, 6.07) is 11.1. The van der Waals surface area contributed by atoms with E-state index in [1.807, 2.05) is 31.2 Å². The largest absolute Gasteiger partial charge is 0.385 e. The number of hydrogen-bond donors (Lipinski definition) is 3. The monoisotopic (exact) mass is 448 g/mol. The first-order chi connectivity index (χ1) is 14.8. The molecule has 0 radical (unpaired) electrons. The van der Waals surface area contributed by atoms with Crippen molar-refractivity contribution < 1.29 is 18.7 Å². The van der Waals surface area contributed by atoms with Crippen molar-refractivity contribution in [3.8, 4) is 0 Å². The molecule has 166 valence electrons. The SMILES string of the molecule is COCCC1(NC(=O)Nc2cccc(C)c2)CCN(C(=O)Nc2cccc(Cl)c2F)C1. The first kappa shape index (κ1) is 22.8. The second-order valence-corrected chi connectivity index (χ2v) is 8.08. The molecule has 1 heterocycles. The molecule has 1 saturated heterocycles. The fraction of sp³-hybridized carbons (Fsp3) is 0.364. The Hall–Kier alpha value is -2.84. The zero-order chi connectivity index (χ0) is 22.4. The van der Waals surface area contributed by atoms with Gasteiger partial charge in [0.1, 0.15) is 0 Å². The van der Waals surface area contributed by atoms with Gasteiger partial charge in [0.2, 0.25) is 0 Å². The molecule has 1 aliphatic heterocycles. The lowest BCUT2D eigenvalue weighted by Crippen LogP contribution is -2.53. The number of carbonyl (C=O) groups is 2. The maximum atomic E-state index is 14.1. The van der Waals surface area contributed by atoms with Gasteiger partial charge < -0.3 is 25.6 Å². The van der Waals surface area contributed by atoms with E-state index in [9.17, 15) is 14.0 Å². The predicted molar refractivity (Wildman–Crippen MR) is 119 cm³/mol. The summed E-state index contributed by atoms with van der Waals surface area (Å²) in [7, 11) is 1.59. The molecule has 0 saturated carbocycles. The van der Waals surface area contributed by atoms with Gasteiger partial charge in [-0.15, -0.1) is 0 Å². The highest BCUT2D eigenvalue weighted by molar-refractivity contribution is 6.31. The van der Waals surface area contributed by atoms with E-state index in [1.54, 1.807) is 18.1 Å². The van der Waals surface area contributed by atoms with Crippen LogP contribution in [-0.4, -0.2) is 49.3 Å².